The third kappa shape index (κ3) is 3.67. The highest BCUT2D eigenvalue weighted by atomic mass is 16.2. The number of likely N-dealkylation sites (tertiary alicyclic amines) is 1. The summed E-state index contributed by atoms with van der Waals surface area (Å²) in [6, 6.07) is 3.03. The summed E-state index contributed by atoms with van der Waals surface area (Å²) in [5, 5.41) is 0. The molecule has 0 aromatic carbocycles. The maximum atomic E-state index is 12.2. The Balaban J connectivity index is 1.94. The molecule has 19 heavy (non-hydrogen) atoms. The van der Waals surface area contributed by atoms with Crippen LogP contribution in [0.4, 0.5) is 0 Å². The molecule has 0 bridgehead atoms. The van der Waals surface area contributed by atoms with E-state index < -0.39 is 0 Å². The summed E-state index contributed by atoms with van der Waals surface area (Å²) in [5.74, 6) is 0.632. The second-order valence-corrected chi connectivity index (χ2v) is 5.44. The van der Waals surface area contributed by atoms with Gasteiger partial charge >= 0.3 is 0 Å². The SMILES string of the molecule is CN(C)CC1CCN(C(=O)c2cc[nH]c(=O)c2)CC1. The number of pyridine rings is 1. The third-order valence-corrected chi connectivity index (χ3v) is 3.55. The van der Waals surface area contributed by atoms with Gasteiger partial charge in [-0.1, -0.05) is 0 Å². The van der Waals surface area contributed by atoms with Crippen LogP contribution in [0.2, 0.25) is 0 Å². The lowest BCUT2D eigenvalue weighted by molar-refractivity contribution is 0.0678. The third-order valence-electron chi connectivity index (χ3n) is 3.55. The van der Waals surface area contributed by atoms with Crippen LogP contribution in [-0.4, -0.2) is 54.4 Å². The van der Waals surface area contributed by atoms with Crippen LogP contribution in [0.3, 0.4) is 0 Å². The number of aromatic amines is 1. The van der Waals surface area contributed by atoms with Crippen LogP contribution in [0.5, 0.6) is 0 Å². The molecule has 1 aliphatic rings. The average molecular weight is 263 g/mol. The van der Waals surface area contributed by atoms with Crippen LogP contribution in [0, 0.1) is 5.92 Å². The van der Waals surface area contributed by atoms with Crippen molar-refractivity contribution in [1.82, 2.24) is 14.8 Å². The molecule has 104 valence electrons. The zero-order chi connectivity index (χ0) is 13.8. The Kier molecular flexibility index (Phi) is 4.37. The van der Waals surface area contributed by atoms with Gasteiger partial charge in [0.1, 0.15) is 0 Å². The number of nitrogens with one attached hydrogen (secondary N) is 1. The molecule has 1 aliphatic heterocycles. The highest BCUT2D eigenvalue weighted by molar-refractivity contribution is 5.94. The molecule has 0 spiro atoms. The number of rotatable bonds is 3. The number of amides is 1. The number of hydrogen-bond donors (Lipinski definition) is 1. The van der Waals surface area contributed by atoms with Gasteiger partial charge in [-0.3, -0.25) is 9.59 Å². The number of carbonyl (C=O) groups is 1. The maximum Gasteiger partial charge on any atom is 0.254 e. The maximum absolute atomic E-state index is 12.2. The van der Waals surface area contributed by atoms with Gasteiger partial charge in [0, 0.05) is 37.5 Å². The molecule has 2 heterocycles. The minimum atomic E-state index is -0.228. The second-order valence-electron chi connectivity index (χ2n) is 5.44. The lowest BCUT2D eigenvalue weighted by Gasteiger charge is -2.33. The van der Waals surface area contributed by atoms with E-state index in [2.05, 4.69) is 24.0 Å². The summed E-state index contributed by atoms with van der Waals surface area (Å²) in [6.45, 7) is 2.64. The largest absolute Gasteiger partial charge is 0.339 e. The van der Waals surface area contributed by atoms with Crippen molar-refractivity contribution in [2.45, 2.75) is 12.8 Å². The van der Waals surface area contributed by atoms with Crippen molar-refractivity contribution in [3.8, 4) is 0 Å². The second kappa shape index (κ2) is 6.02. The van der Waals surface area contributed by atoms with Crippen molar-refractivity contribution in [1.29, 1.82) is 0 Å². The monoisotopic (exact) mass is 263 g/mol. The summed E-state index contributed by atoms with van der Waals surface area (Å²) in [5.41, 5.74) is 0.253. The summed E-state index contributed by atoms with van der Waals surface area (Å²) < 4.78 is 0. The van der Waals surface area contributed by atoms with Crippen molar-refractivity contribution in [2.24, 2.45) is 5.92 Å². The Bertz CT molecular complexity index is 487. The summed E-state index contributed by atoms with van der Waals surface area (Å²) in [7, 11) is 4.15. The number of carbonyl (C=O) groups excluding carboxylic acids is 1. The molecule has 1 N–H and O–H groups in total. The fourth-order valence-electron chi connectivity index (χ4n) is 2.60. The molecular formula is C14H21N3O2. The Hall–Kier alpha value is -1.62. The van der Waals surface area contributed by atoms with E-state index in [0.717, 1.165) is 32.5 Å². The predicted octanol–water partition coefficient (Wildman–Crippen LogP) is 0.789. The standard InChI is InChI=1S/C14H21N3O2/c1-16(2)10-11-4-7-17(8-5-11)14(19)12-3-6-15-13(18)9-12/h3,6,9,11H,4-5,7-8,10H2,1-2H3,(H,15,18). The summed E-state index contributed by atoms with van der Waals surface area (Å²) in [6.07, 6.45) is 3.59. The van der Waals surface area contributed by atoms with E-state index >= 15 is 0 Å². The molecule has 0 aliphatic carbocycles. The van der Waals surface area contributed by atoms with Crippen LogP contribution in [0.25, 0.3) is 0 Å². The molecule has 0 atom stereocenters. The van der Waals surface area contributed by atoms with Gasteiger partial charge in [-0.05, 0) is 38.9 Å². The minimum absolute atomic E-state index is 0.0330. The van der Waals surface area contributed by atoms with Crippen LogP contribution >= 0.6 is 0 Å². The molecule has 1 amide bonds. The number of hydrogen-bond acceptors (Lipinski definition) is 3. The molecule has 5 heteroatoms. The van der Waals surface area contributed by atoms with E-state index in [-0.39, 0.29) is 11.5 Å². The smallest absolute Gasteiger partial charge is 0.254 e. The zero-order valence-electron chi connectivity index (χ0n) is 11.6. The molecule has 5 nitrogen and oxygen atoms in total. The van der Waals surface area contributed by atoms with Crippen LogP contribution in [0.15, 0.2) is 23.1 Å². The van der Waals surface area contributed by atoms with Gasteiger partial charge < -0.3 is 14.8 Å². The predicted molar refractivity (Wildman–Crippen MR) is 74.2 cm³/mol. The summed E-state index contributed by atoms with van der Waals surface area (Å²) >= 11 is 0. The molecule has 0 saturated carbocycles. The Morgan fingerprint density at radius 1 is 1.42 bits per heavy atom. The first-order chi connectivity index (χ1) is 9.06. The van der Waals surface area contributed by atoms with Crippen LogP contribution in [0.1, 0.15) is 23.2 Å². The minimum Gasteiger partial charge on any atom is -0.339 e. The van der Waals surface area contributed by atoms with E-state index in [9.17, 15) is 9.59 Å². The lowest BCUT2D eigenvalue weighted by Crippen LogP contribution is -2.40. The topological polar surface area (TPSA) is 56.4 Å². The zero-order valence-corrected chi connectivity index (χ0v) is 11.6. The quantitative estimate of drug-likeness (QED) is 0.877. The number of aromatic nitrogens is 1. The van der Waals surface area contributed by atoms with Crippen LogP contribution in [-0.2, 0) is 0 Å². The van der Waals surface area contributed by atoms with Gasteiger partial charge in [-0.25, -0.2) is 0 Å². The first-order valence-corrected chi connectivity index (χ1v) is 6.69. The number of H-pyrrole nitrogens is 1. The van der Waals surface area contributed by atoms with Gasteiger partial charge in [0.25, 0.3) is 5.91 Å². The normalized spacial score (nSPS) is 16.9. The Labute approximate surface area is 113 Å². The Morgan fingerprint density at radius 3 is 2.68 bits per heavy atom. The van der Waals surface area contributed by atoms with Crippen molar-refractivity contribution < 1.29 is 4.79 Å². The molecular weight excluding hydrogens is 242 g/mol. The first kappa shape index (κ1) is 13.8. The van der Waals surface area contributed by atoms with Gasteiger partial charge in [-0.15, -0.1) is 0 Å². The van der Waals surface area contributed by atoms with E-state index in [0.29, 0.717) is 11.5 Å². The molecule has 1 fully saturated rings. The van der Waals surface area contributed by atoms with Gasteiger partial charge in [0.2, 0.25) is 5.56 Å². The highest BCUT2D eigenvalue weighted by Crippen LogP contribution is 2.19. The highest BCUT2D eigenvalue weighted by Gasteiger charge is 2.23. The van der Waals surface area contributed by atoms with Crippen molar-refractivity contribution in [2.75, 3.05) is 33.7 Å². The van der Waals surface area contributed by atoms with Gasteiger partial charge in [0.15, 0.2) is 0 Å². The van der Waals surface area contributed by atoms with Gasteiger partial charge in [0.05, 0.1) is 0 Å². The van der Waals surface area contributed by atoms with E-state index in [4.69, 9.17) is 0 Å². The van der Waals surface area contributed by atoms with E-state index in [1.165, 1.54) is 12.3 Å². The fourth-order valence-corrected chi connectivity index (χ4v) is 2.60. The average Bonchev–Trinajstić information content (AvgIpc) is 2.38. The first-order valence-electron chi connectivity index (χ1n) is 6.69. The fraction of sp³-hybridized carbons (Fsp3) is 0.571. The molecule has 0 radical (unpaired) electrons. The molecule has 1 aromatic heterocycles. The number of piperidine rings is 1. The number of nitrogens with zero attached hydrogens (tertiary/aromatic N) is 2. The molecule has 2 rings (SSSR count). The van der Waals surface area contributed by atoms with E-state index in [1.54, 1.807) is 6.07 Å². The van der Waals surface area contributed by atoms with Crippen molar-refractivity contribution in [3.05, 3.63) is 34.2 Å². The summed E-state index contributed by atoms with van der Waals surface area (Å²) in [4.78, 5) is 30.0. The molecule has 1 aromatic rings. The van der Waals surface area contributed by atoms with Crippen molar-refractivity contribution in [3.63, 3.8) is 0 Å². The van der Waals surface area contributed by atoms with Gasteiger partial charge in [-0.2, -0.15) is 0 Å². The molecule has 1 saturated heterocycles. The van der Waals surface area contributed by atoms with E-state index in [1.807, 2.05) is 4.90 Å². The molecule has 0 unspecified atom stereocenters. The van der Waals surface area contributed by atoms with Crippen LogP contribution < -0.4 is 5.56 Å². The Morgan fingerprint density at radius 2 is 2.11 bits per heavy atom. The van der Waals surface area contributed by atoms with Crippen molar-refractivity contribution >= 4 is 5.91 Å². The lowest BCUT2D eigenvalue weighted by atomic mass is 9.96.